The molecule has 7 rings (SSSR count). The predicted octanol–water partition coefficient (Wildman–Crippen LogP) is 8.40. The molecule has 0 bridgehead atoms. The molecule has 2 aliphatic rings. The maximum Gasteiger partial charge on any atom is 0.169 e. The first-order valence-corrected chi connectivity index (χ1v) is 16.3. The van der Waals surface area contributed by atoms with Gasteiger partial charge in [-0.05, 0) is 59.7 Å². The van der Waals surface area contributed by atoms with Crippen LogP contribution in [0.1, 0.15) is 25.0 Å². The van der Waals surface area contributed by atoms with E-state index in [9.17, 15) is 0 Å². The summed E-state index contributed by atoms with van der Waals surface area (Å²) < 4.78 is 0. The van der Waals surface area contributed by atoms with Gasteiger partial charge in [0.05, 0.1) is 26.9 Å². The van der Waals surface area contributed by atoms with Gasteiger partial charge in [-0.1, -0.05) is 92.3 Å². The second-order valence-electron chi connectivity index (χ2n) is 10.2. The van der Waals surface area contributed by atoms with E-state index in [1.807, 2.05) is 11.8 Å². The van der Waals surface area contributed by atoms with E-state index in [0.717, 1.165) is 0 Å². The second kappa shape index (κ2) is 8.53. The maximum absolute atomic E-state index is 5.63. The molecule has 0 N–H and O–H groups in total. The molecule has 2 aliphatic heterocycles. The molecule has 0 amide bonds. The summed E-state index contributed by atoms with van der Waals surface area (Å²) in [4.78, 5) is 5.06. The summed E-state index contributed by atoms with van der Waals surface area (Å²) in [6.45, 7) is 2.55. The Morgan fingerprint density at radius 1 is 0.622 bits per heavy atom. The van der Waals surface area contributed by atoms with Crippen LogP contribution in [0.5, 0.6) is 0 Å². The van der Waals surface area contributed by atoms with Crippen LogP contribution in [0.2, 0.25) is 0 Å². The molecule has 1 nitrogen and oxygen atoms in total. The minimum atomic E-state index is -2.12. The van der Waals surface area contributed by atoms with Crippen molar-refractivity contribution in [2.45, 2.75) is 29.1 Å². The van der Waals surface area contributed by atoms with Crippen molar-refractivity contribution in [3.63, 3.8) is 0 Å². The molecule has 0 aliphatic carbocycles. The molecule has 5 aromatic carbocycles. The molecule has 0 spiro atoms. The summed E-state index contributed by atoms with van der Waals surface area (Å²) in [6.07, 6.45) is 0. The summed E-state index contributed by atoms with van der Waals surface area (Å²) in [5.41, 5.74) is 6.30. The van der Waals surface area contributed by atoms with E-state index in [1.54, 1.807) is 0 Å². The van der Waals surface area contributed by atoms with Crippen molar-refractivity contribution in [1.82, 2.24) is 0 Å². The highest BCUT2D eigenvalue weighted by molar-refractivity contribution is 8.61. The number of thiol groups is 1. The average molecular weight is 533 g/mol. The second-order valence-corrected chi connectivity index (χ2v) is 15.8. The van der Waals surface area contributed by atoms with Gasteiger partial charge in [0.2, 0.25) is 0 Å². The van der Waals surface area contributed by atoms with Gasteiger partial charge in [0.25, 0.3) is 0 Å². The highest BCUT2D eigenvalue weighted by atomic mass is 32.7. The highest BCUT2D eigenvalue weighted by Crippen LogP contribution is 2.66. The smallest absolute Gasteiger partial charge is 0.169 e. The zero-order chi connectivity index (χ0) is 25.2. The van der Waals surface area contributed by atoms with Crippen molar-refractivity contribution in [2.75, 3.05) is 4.90 Å². The van der Waals surface area contributed by atoms with E-state index in [0.29, 0.717) is 0 Å². The van der Waals surface area contributed by atoms with Gasteiger partial charge in [-0.15, -0.1) is 0 Å². The van der Waals surface area contributed by atoms with Gasteiger partial charge in [-0.2, -0.15) is 0 Å². The molecule has 0 saturated carbocycles. The molecule has 0 saturated heterocycles. The largest absolute Gasteiger partial charge is 0.310 e. The van der Waals surface area contributed by atoms with Gasteiger partial charge in [0.1, 0.15) is 15.9 Å². The number of benzene rings is 5. The van der Waals surface area contributed by atoms with Crippen LogP contribution < -0.4 is 20.8 Å². The van der Waals surface area contributed by atoms with Crippen LogP contribution >= 0.6 is 30.5 Å². The predicted molar refractivity (Wildman–Crippen MR) is 165 cm³/mol. The normalized spacial score (nSPS) is 18.8. The average Bonchev–Trinajstić information content (AvgIpc) is 2.94. The Labute approximate surface area is 229 Å². The molecule has 37 heavy (non-hydrogen) atoms. The number of fused-ring (bicyclic) bond motifs is 4. The lowest BCUT2D eigenvalue weighted by Crippen LogP contribution is -2.34. The zero-order valence-electron chi connectivity index (χ0n) is 20.8. The van der Waals surface area contributed by atoms with Crippen molar-refractivity contribution in [2.24, 2.45) is 0 Å². The molecule has 0 aromatic heterocycles. The number of nitrogens with zero attached hydrogens (tertiary/aromatic N) is 1. The summed E-state index contributed by atoms with van der Waals surface area (Å²) in [5.74, 6) is 0. The lowest BCUT2D eigenvalue weighted by atomic mass is 9.73. The van der Waals surface area contributed by atoms with E-state index in [-0.39, 0.29) is 5.41 Å². The number of rotatable bonds is 2. The van der Waals surface area contributed by atoms with E-state index >= 15 is 0 Å². The molecule has 1 atom stereocenters. The van der Waals surface area contributed by atoms with Gasteiger partial charge >= 0.3 is 0 Å². The van der Waals surface area contributed by atoms with Gasteiger partial charge in [-0.3, -0.25) is 0 Å². The lowest BCUT2D eigenvalue weighted by Gasteiger charge is -2.42. The Balaban J connectivity index is 1.49. The van der Waals surface area contributed by atoms with Gasteiger partial charge in [0, 0.05) is 23.7 Å². The van der Waals surface area contributed by atoms with Gasteiger partial charge in [0.15, 0.2) is 6.46 Å². The number of hydrogen-bond donors (Lipinski definition) is 1. The Hall–Kier alpha value is -2.97. The molecule has 0 radical (unpaired) electrons. The fourth-order valence-electron chi connectivity index (χ4n) is 5.91. The molecular formula is C33H27NPS2+. The van der Waals surface area contributed by atoms with E-state index in [4.69, 9.17) is 12.2 Å². The Morgan fingerprint density at radius 2 is 1.19 bits per heavy atom. The van der Waals surface area contributed by atoms with Crippen molar-refractivity contribution in [3.05, 3.63) is 132 Å². The Bertz CT molecular complexity index is 1610. The van der Waals surface area contributed by atoms with E-state index < -0.39 is 6.46 Å². The standard InChI is InChI=1S/C33H27NPS2/c1-33(2)25-14-6-8-16-27(25)34(28-17-9-7-15-26(28)33)23-20-21-32-30(22-23)35(36,24-12-4-3-5-13-24)29-18-10-11-19-31(29)37-32/h3-22,36H,1-2H3/q+1. The molecule has 0 fully saturated rings. The van der Waals surface area contributed by atoms with Crippen LogP contribution in [0.15, 0.2) is 131 Å². The quantitative estimate of drug-likeness (QED) is 0.180. The third kappa shape index (κ3) is 3.38. The number of hydrogen-bond acceptors (Lipinski definition) is 3. The first-order valence-electron chi connectivity index (χ1n) is 12.6. The summed E-state index contributed by atoms with van der Waals surface area (Å²) in [5, 5.41) is 3.98. The number of para-hydroxylation sites is 2. The molecule has 4 heteroatoms. The van der Waals surface area contributed by atoms with Crippen molar-refractivity contribution < 1.29 is 0 Å². The fraction of sp³-hybridized carbons (Fsp3) is 0.0909. The molecular weight excluding hydrogens is 505 g/mol. The van der Waals surface area contributed by atoms with Crippen molar-refractivity contribution in [3.8, 4) is 0 Å². The molecule has 180 valence electrons. The van der Waals surface area contributed by atoms with Gasteiger partial charge < -0.3 is 4.90 Å². The highest BCUT2D eigenvalue weighted by Gasteiger charge is 2.49. The first kappa shape index (κ1) is 23.2. The third-order valence-electron chi connectivity index (χ3n) is 7.75. The Kier molecular flexibility index (Phi) is 5.34. The number of anilines is 3. The topological polar surface area (TPSA) is 3.24 Å². The SMILES string of the molecule is CC1(C)c2ccccc2N(c2ccc3c(c2)[P+](S)(c2ccccc2)c2ccccc2S3)c2ccccc21. The first-order chi connectivity index (χ1) is 18.0. The third-order valence-corrected chi connectivity index (χ3v) is 14.4. The van der Waals surface area contributed by atoms with Crippen LogP contribution in [0.25, 0.3) is 0 Å². The Morgan fingerprint density at radius 3 is 1.89 bits per heavy atom. The molecule has 2 heterocycles. The lowest BCUT2D eigenvalue weighted by molar-refractivity contribution is 0.632. The van der Waals surface area contributed by atoms with Crippen LogP contribution in [-0.4, -0.2) is 0 Å². The molecule has 5 aromatic rings. The van der Waals surface area contributed by atoms with E-state index in [2.05, 4.69) is 140 Å². The zero-order valence-corrected chi connectivity index (χ0v) is 23.4. The minimum absolute atomic E-state index is 0.0724. The van der Waals surface area contributed by atoms with Crippen LogP contribution in [0, 0.1) is 0 Å². The van der Waals surface area contributed by atoms with E-state index in [1.165, 1.54) is 53.9 Å². The van der Waals surface area contributed by atoms with Crippen molar-refractivity contribution >= 4 is 63.5 Å². The summed E-state index contributed by atoms with van der Waals surface area (Å²) >= 11 is 7.49. The maximum atomic E-state index is 5.63. The van der Waals surface area contributed by atoms with Crippen LogP contribution in [-0.2, 0) is 5.41 Å². The summed E-state index contributed by atoms with van der Waals surface area (Å²) in [6, 6.07) is 44.4. The monoisotopic (exact) mass is 532 g/mol. The van der Waals surface area contributed by atoms with Crippen molar-refractivity contribution in [1.29, 1.82) is 0 Å². The fourth-order valence-corrected chi connectivity index (χ4v) is 12.5. The summed E-state index contributed by atoms with van der Waals surface area (Å²) in [7, 11) is 0. The minimum Gasteiger partial charge on any atom is -0.310 e. The van der Waals surface area contributed by atoms with Crippen LogP contribution in [0.4, 0.5) is 17.1 Å². The van der Waals surface area contributed by atoms with Gasteiger partial charge in [-0.25, -0.2) is 0 Å². The molecule has 1 unspecified atom stereocenters. The van der Waals surface area contributed by atoms with Crippen LogP contribution in [0.3, 0.4) is 0 Å².